The quantitative estimate of drug-likeness (QED) is 0.320. The zero-order valence-electron chi connectivity index (χ0n) is 23.7. The van der Waals surface area contributed by atoms with E-state index >= 15 is 0 Å². The van der Waals surface area contributed by atoms with Gasteiger partial charge in [0, 0.05) is 44.8 Å². The lowest BCUT2D eigenvalue weighted by Gasteiger charge is -2.19. The molecule has 2 aromatic heterocycles. The standard InChI is InChI=1S/C27H32N6O7S2/c1-5-39-25(36)23-16(2)29-27(41-23)32-26-30-21-11-13-33(22(35)15-40-17(3)34)12-10-20(21)24(31-26)28-14-18-6-8-19(9-7-18)42(4,37)38/h6-9H,5,10-15H2,1-4H3,(H2,28,29,30,31,32). The number of carbonyl (C=O) groups is 3. The Kier molecular flexibility index (Phi) is 9.73. The summed E-state index contributed by atoms with van der Waals surface area (Å²) in [5.74, 6) is -0.473. The first-order chi connectivity index (χ1) is 19.9. The third-order valence-electron chi connectivity index (χ3n) is 6.38. The Morgan fingerprint density at radius 3 is 2.43 bits per heavy atom. The first-order valence-electron chi connectivity index (χ1n) is 13.2. The molecule has 0 saturated heterocycles. The molecule has 0 fully saturated rings. The topological polar surface area (TPSA) is 170 Å². The summed E-state index contributed by atoms with van der Waals surface area (Å²) in [6, 6.07) is 6.57. The van der Waals surface area contributed by atoms with Gasteiger partial charge in [0.05, 0.1) is 22.9 Å². The number of hydrogen-bond acceptors (Lipinski definition) is 13. The molecule has 3 aromatic rings. The number of nitrogens with zero attached hydrogens (tertiary/aromatic N) is 4. The first-order valence-corrected chi connectivity index (χ1v) is 15.9. The van der Waals surface area contributed by atoms with Crippen LogP contribution >= 0.6 is 11.3 Å². The molecule has 42 heavy (non-hydrogen) atoms. The highest BCUT2D eigenvalue weighted by Crippen LogP contribution is 2.29. The van der Waals surface area contributed by atoms with Crippen LogP contribution in [0, 0.1) is 6.92 Å². The minimum absolute atomic E-state index is 0.230. The maximum atomic E-state index is 12.6. The number of nitrogens with one attached hydrogen (secondary N) is 2. The van der Waals surface area contributed by atoms with Gasteiger partial charge < -0.3 is 19.7 Å². The van der Waals surface area contributed by atoms with Crippen molar-refractivity contribution in [1.82, 2.24) is 19.9 Å². The number of aromatic nitrogens is 3. The van der Waals surface area contributed by atoms with Gasteiger partial charge in [-0.05, 0) is 38.0 Å². The van der Waals surface area contributed by atoms with Crippen molar-refractivity contribution in [2.45, 2.75) is 45.1 Å². The van der Waals surface area contributed by atoms with Crippen LogP contribution in [0.15, 0.2) is 29.2 Å². The van der Waals surface area contributed by atoms with Crippen molar-refractivity contribution in [3.8, 4) is 0 Å². The molecule has 0 bridgehead atoms. The van der Waals surface area contributed by atoms with Crippen LogP contribution in [-0.4, -0.2) is 78.7 Å². The maximum absolute atomic E-state index is 12.6. The zero-order valence-corrected chi connectivity index (χ0v) is 25.4. The Labute approximate surface area is 247 Å². The second-order valence-electron chi connectivity index (χ2n) is 9.53. The maximum Gasteiger partial charge on any atom is 0.350 e. The van der Waals surface area contributed by atoms with Gasteiger partial charge in [-0.1, -0.05) is 23.5 Å². The lowest BCUT2D eigenvalue weighted by Crippen LogP contribution is -2.36. The van der Waals surface area contributed by atoms with Crippen molar-refractivity contribution >= 4 is 55.9 Å². The van der Waals surface area contributed by atoms with Crippen LogP contribution in [0.3, 0.4) is 0 Å². The van der Waals surface area contributed by atoms with Gasteiger partial charge in [-0.3, -0.25) is 14.9 Å². The van der Waals surface area contributed by atoms with Gasteiger partial charge in [0.2, 0.25) is 5.95 Å². The average Bonchev–Trinajstić information content (AvgIpc) is 3.16. The number of hydrogen-bond donors (Lipinski definition) is 2. The van der Waals surface area contributed by atoms with Gasteiger partial charge in [-0.15, -0.1) is 0 Å². The summed E-state index contributed by atoms with van der Waals surface area (Å²) in [5.41, 5.74) is 2.92. The molecule has 1 aliphatic rings. The molecule has 15 heteroatoms. The molecule has 0 atom stereocenters. The van der Waals surface area contributed by atoms with Gasteiger partial charge in [-0.25, -0.2) is 23.2 Å². The summed E-state index contributed by atoms with van der Waals surface area (Å²) in [6.45, 7) is 5.73. The molecule has 2 N–H and O–H groups in total. The van der Waals surface area contributed by atoms with E-state index in [1.807, 2.05) is 0 Å². The molecular weight excluding hydrogens is 584 g/mol. The molecule has 1 aromatic carbocycles. The third kappa shape index (κ3) is 7.79. The Morgan fingerprint density at radius 2 is 1.76 bits per heavy atom. The molecule has 13 nitrogen and oxygen atoms in total. The van der Waals surface area contributed by atoms with E-state index in [0.717, 1.165) is 34.4 Å². The van der Waals surface area contributed by atoms with E-state index in [-0.39, 0.29) is 30.0 Å². The fourth-order valence-corrected chi connectivity index (χ4v) is 5.76. The Hall–Kier alpha value is -4.11. The molecule has 4 rings (SSSR count). The molecule has 0 aliphatic carbocycles. The highest BCUT2D eigenvalue weighted by molar-refractivity contribution is 7.90. The Morgan fingerprint density at radius 1 is 1.05 bits per heavy atom. The molecule has 0 saturated carbocycles. The highest BCUT2D eigenvalue weighted by Gasteiger charge is 2.24. The lowest BCUT2D eigenvalue weighted by molar-refractivity contribution is -0.150. The van der Waals surface area contributed by atoms with E-state index in [2.05, 4.69) is 15.6 Å². The molecule has 3 heterocycles. The smallest absolute Gasteiger partial charge is 0.350 e. The van der Waals surface area contributed by atoms with Crippen molar-refractivity contribution in [3.63, 3.8) is 0 Å². The average molecular weight is 617 g/mol. The van der Waals surface area contributed by atoms with Crippen molar-refractivity contribution in [1.29, 1.82) is 0 Å². The summed E-state index contributed by atoms with van der Waals surface area (Å²) < 4.78 is 33.6. The van der Waals surface area contributed by atoms with E-state index in [9.17, 15) is 22.8 Å². The number of rotatable bonds is 10. The van der Waals surface area contributed by atoms with E-state index in [0.29, 0.717) is 54.0 Å². The van der Waals surface area contributed by atoms with Gasteiger partial charge in [0.1, 0.15) is 10.7 Å². The molecule has 0 spiro atoms. The Bertz CT molecular complexity index is 1590. The summed E-state index contributed by atoms with van der Waals surface area (Å²) in [6.07, 6.45) is 2.05. The largest absolute Gasteiger partial charge is 0.462 e. The fraction of sp³-hybridized carbons (Fsp3) is 0.407. The predicted octanol–water partition coefficient (Wildman–Crippen LogP) is 2.67. The number of esters is 2. The molecule has 1 aliphatic heterocycles. The monoisotopic (exact) mass is 616 g/mol. The fourth-order valence-electron chi connectivity index (χ4n) is 4.28. The second-order valence-corrected chi connectivity index (χ2v) is 12.5. The van der Waals surface area contributed by atoms with Gasteiger partial charge in [0.15, 0.2) is 21.6 Å². The van der Waals surface area contributed by atoms with Gasteiger partial charge >= 0.3 is 11.9 Å². The van der Waals surface area contributed by atoms with E-state index in [4.69, 9.17) is 19.4 Å². The zero-order chi connectivity index (χ0) is 30.4. The first kappa shape index (κ1) is 30.8. The van der Waals surface area contributed by atoms with Crippen molar-refractivity contribution < 1.29 is 32.3 Å². The third-order valence-corrected chi connectivity index (χ3v) is 8.56. The van der Waals surface area contributed by atoms with E-state index in [1.54, 1.807) is 43.0 Å². The van der Waals surface area contributed by atoms with Crippen LogP contribution < -0.4 is 10.6 Å². The van der Waals surface area contributed by atoms with Crippen molar-refractivity contribution in [3.05, 3.63) is 51.7 Å². The Balaban J connectivity index is 1.60. The van der Waals surface area contributed by atoms with Crippen LogP contribution in [0.4, 0.5) is 16.9 Å². The summed E-state index contributed by atoms with van der Waals surface area (Å²) in [4.78, 5) is 52.1. The SMILES string of the molecule is CCOC(=O)c1sc(Nc2nc3c(c(NCc4ccc(S(C)(=O)=O)cc4)n2)CCN(C(=O)COC(C)=O)CC3)nc1C. The number of aryl methyl sites for hydroxylation is 1. The predicted molar refractivity (Wildman–Crippen MR) is 156 cm³/mol. The number of ether oxygens (including phenoxy) is 2. The van der Waals surface area contributed by atoms with Gasteiger partial charge in [0.25, 0.3) is 5.91 Å². The van der Waals surface area contributed by atoms with Crippen molar-refractivity contribution in [2.75, 3.05) is 43.2 Å². The second kappa shape index (κ2) is 13.2. The minimum Gasteiger partial charge on any atom is -0.462 e. The van der Waals surface area contributed by atoms with Crippen LogP contribution in [-0.2, 0) is 48.3 Å². The normalized spacial score (nSPS) is 13.1. The van der Waals surface area contributed by atoms with E-state index < -0.39 is 21.8 Å². The summed E-state index contributed by atoms with van der Waals surface area (Å²) in [5, 5.41) is 6.85. The van der Waals surface area contributed by atoms with Crippen LogP contribution in [0.2, 0.25) is 0 Å². The van der Waals surface area contributed by atoms with Crippen LogP contribution in [0.1, 0.15) is 46.0 Å². The van der Waals surface area contributed by atoms with Crippen LogP contribution in [0.25, 0.3) is 0 Å². The summed E-state index contributed by atoms with van der Waals surface area (Å²) >= 11 is 1.13. The van der Waals surface area contributed by atoms with Gasteiger partial charge in [-0.2, -0.15) is 4.98 Å². The minimum atomic E-state index is -3.31. The number of amides is 1. The molecule has 0 unspecified atom stereocenters. The number of benzene rings is 1. The molecule has 224 valence electrons. The number of sulfone groups is 1. The highest BCUT2D eigenvalue weighted by atomic mass is 32.2. The number of anilines is 3. The van der Waals surface area contributed by atoms with E-state index in [1.165, 1.54) is 6.92 Å². The van der Waals surface area contributed by atoms with Crippen LogP contribution in [0.5, 0.6) is 0 Å². The van der Waals surface area contributed by atoms with Crippen molar-refractivity contribution in [2.24, 2.45) is 0 Å². The molecule has 1 amide bonds. The molecular formula is C27H32N6O7S2. The number of carbonyl (C=O) groups excluding carboxylic acids is 3. The number of thiazole rings is 1. The summed E-state index contributed by atoms with van der Waals surface area (Å²) in [7, 11) is -3.31. The number of fused-ring (bicyclic) bond motifs is 1. The lowest BCUT2D eigenvalue weighted by atomic mass is 10.1. The molecule has 0 radical (unpaired) electrons.